The maximum atomic E-state index is 12.5. The van der Waals surface area contributed by atoms with Crippen molar-refractivity contribution in [1.82, 2.24) is 0 Å². The van der Waals surface area contributed by atoms with Crippen molar-refractivity contribution >= 4 is 45.1 Å². The van der Waals surface area contributed by atoms with E-state index in [2.05, 4.69) is 5.32 Å². The zero-order valence-electron chi connectivity index (χ0n) is 18.0. The van der Waals surface area contributed by atoms with Gasteiger partial charge in [0.15, 0.2) is 0 Å². The molecule has 3 rings (SSSR count). The lowest BCUT2D eigenvalue weighted by Crippen LogP contribution is -2.13. The molecule has 0 atom stereocenters. The van der Waals surface area contributed by atoms with Crippen molar-refractivity contribution in [3.63, 3.8) is 0 Å². The SMILES string of the molecule is COc1ccc(S(=O)(=O)Oc2cccc(/C=C(\C#N)C(=O)Nc3ccc(Cl)c([N+](=O)[O-])c3)c2)cc1. The Kier molecular flexibility index (Phi) is 7.70. The summed E-state index contributed by atoms with van der Waals surface area (Å²) in [5, 5.41) is 22.7. The van der Waals surface area contributed by atoms with Crippen molar-refractivity contribution in [2.24, 2.45) is 0 Å². The van der Waals surface area contributed by atoms with E-state index in [0.717, 1.165) is 6.07 Å². The highest BCUT2D eigenvalue weighted by molar-refractivity contribution is 7.87. The molecule has 0 unspecified atom stereocenters. The van der Waals surface area contributed by atoms with Gasteiger partial charge in [-0.3, -0.25) is 14.9 Å². The topological polar surface area (TPSA) is 149 Å². The quantitative estimate of drug-likeness (QED) is 0.151. The van der Waals surface area contributed by atoms with Gasteiger partial charge in [0.05, 0.1) is 12.0 Å². The van der Waals surface area contributed by atoms with E-state index >= 15 is 0 Å². The van der Waals surface area contributed by atoms with Gasteiger partial charge in [0.1, 0.15) is 33.1 Å². The Morgan fingerprint density at radius 2 is 1.83 bits per heavy atom. The number of nitro benzene ring substituents is 1. The molecule has 1 N–H and O–H groups in total. The third-order valence-corrected chi connectivity index (χ3v) is 6.07. The number of halogens is 1. The van der Waals surface area contributed by atoms with Crippen LogP contribution in [-0.2, 0) is 14.9 Å². The number of carbonyl (C=O) groups excluding carboxylic acids is 1. The number of anilines is 1. The lowest BCUT2D eigenvalue weighted by molar-refractivity contribution is -0.384. The highest BCUT2D eigenvalue weighted by Crippen LogP contribution is 2.28. The number of amides is 1. The molecule has 1 amide bonds. The first-order chi connectivity index (χ1) is 16.6. The van der Waals surface area contributed by atoms with Gasteiger partial charge in [0, 0.05) is 11.8 Å². The number of nitrogens with one attached hydrogen (secondary N) is 1. The van der Waals surface area contributed by atoms with Crippen LogP contribution in [0, 0.1) is 21.4 Å². The van der Waals surface area contributed by atoms with E-state index in [1.54, 1.807) is 6.07 Å². The number of hydrogen-bond acceptors (Lipinski definition) is 8. The fraction of sp³-hybridized carbons (Fsp3) is 0.0435. The van der Waals surface area contributed by atoms with Crippen LogP contribution in [-0.4, -0.2) is 26.4 Å². The standard InChI is InChI=1S/C23H16ClN3O7S/c1-33-18-6-8-20(9-7-18)35(31,32)34-19-4-2-3-15(12-19)11-16(14-25)23(28)26-17-5-10-21(24)22(13-17)27(29)30/h2-13H,1H3,(H,26,28)/b16-11+. The van der Waals surface area contributed by atoms with Crippen LogP contribution in [0.25, 0.3) is 6.08 Å². The van der Waals surface area contributed by atoms with Gasteiger partial charge in [0.25, 0.3) is 11.6 Å². The lowest BCUT2D eigenvalue weighted by Gasteiger charge is -2.09. The molecule has 0 fully saturated rings. The predicted octanol–water partition coefficient (Wildman–Crippen LogP) is 4.57. The van der Waals surface area contributed by atoms with Crippen LogP contribution >= 0.6 is 11.6 Å². The minimum Gasteiger partial charge on any atom is -0.497 e. The molecular formula is C23H16ClN3O7S. The number of nitrogens with zero attached hydrogens (tertiary/aromatic N) is 2. The van der Waals surface area contributed by atoms with Crippen LogP contribution in [0.4, 0.5) is 11.4 Å². The summed E-state index contributed by atoms with van der Waals surface area (Å²) < 4.78 is 35.3. The summed E-state index contributed by atoms with van der Waals surface area (Å²) >= 11 is 5.76. The predicted molar refractivity (Wildman–Crippen MR) is 128 cm³/mol. The fourth-order valence-corrected chi connectivity index (χ4v) is 3.93. The Bertz CT molecular complexity index is 1460. The third kappa shape index (κ3) is 6.35. The van der Waals surface area contributed by atoms with Gasteiger partial charge in [-0.2, -0.15) is 13.7 Å². The first-order valence-corrected chi connectivity index (χ1v) is 11.5. The number of hydrogen-bond donors (Lipinski definition) is 1. The molecule has 10 nitrogen and oxygen atoms in total. The Morgan fingerprint density at radius 1 is 1.11 bits per heavy atom. The van der Waals surface area contributed by atoms with Gasteiger partial charge in [-0.05, 0) is 60.2 Å². The molecule has 3 aromatic carbocycles. The highest BCUT2D eigenvalue weighted by atomic mass is 35.5. The molecule has 3 aromatic rings. The van der Waals surface area contributed by atoms with Crippen LogP contribution in [0.3, 0.4) is 0 Å². The van der Waals surface area contributed by atoms with Gasteiger partial charge in [-0.25, -0.2) is 0 Å². The average molecular weight is 514 g/mol. The largest absolute Gasteiger partial charge is 0.497 e. The Labute approximate surface area is 205 Å². The summed E-state index contributed by atoms with van der Waals surface area (Å²) in [6.07, 6.45) is 1.21. The minimum atomic E-state index is -4.15. The summed E-state index contributed by atoms with van der Waals surface area (Å²) in [4.78, 5) is 22.8. The van der Waals surface area contributed by atoms with Crippen molar-refractivity contribution in [2.75, 3.05) is 12.4 Å². The number of ether oxygens (including phenoxy) is 1. The van der Waals surface area contributed by atoms with E-state index in [1.807, 2.05) is 0 Å². The van der Waals surface area contributed by atoms with E-state index in [0.29, 0.717) is 11.3 Å². The highest BCUT2D eigenvalue weighted by Gasteiger charge is 2.18. The monoisotopic (exact) mass is 513 g/mol. The molecule has 0 heterocycles. The Balaban J connectivity index is 1.80. The molecule has 0 saturated carbocycles. The molecule has 0 aromatic heterocycles. The second-order valence-electron chi connectivity index (χ2n) is 6.83. The van der Waals surface area contributed by atoms with Gasteiger partial charge in [0.2, 0.25) is 0 Å². The van der Waals surface area contributed by atoms with Crippen molar-refractivity contribution < 1.29 is 27.1 Å². The van der Waals surface area contributed by atoms with Gasteiger partial charge >= 0.3 is 10.1 Å². The van der Waals surface area contributed by atoms with Crippen molar-refractivity contribution in [3.8, 4) is 17.6 Å². The number of methoxy groups -OCH3 is 1. The average Bonchev–Trinajstić information content (AvgIpc) is 2.83. The second-order valence-corrected chi connectivity index (χ2v) is 8.79. The summed E-state index contributed by atoms with van der Waals surface area (Å²) in [5.41, 5.74) is -0.372. The lowest BCUT2D eigenvalue weighted by atomic mass is 10.1. The van der Waals surface area contributed by atoms with Gasteiger partial charge in [-0.15, -0.1) is 0 Å². The summed E-state index contributed by atoms with van der Waals surface area (Å²) in [5.74, 6) is -0.395. The smallest absolute Gasteiger partial charge is 0.339 e. The first-order valence-electron chi connectivity index (χ1n) is 9.68. The molecule has 178 valence electrons. The summed E-state index contributed by atoms with van der Waals surface area (Å²) in [6, 6.07) is 16.8. The Morgan fingerprint density at radius 3 is 2.46 bits per heavy atom. The number of nitriles is 1. The van der Waals surface area contributed by atoms with Crippen LogP contribution in [0.2, 0.25) is 5.02 Å². The molecule has 0 aliphatic carbocycles. The normalized spacial score (nSPS) is 11.3. The van der Waals surface area contributed by atoms with E-state index < -0.39 is 26.6 Å². The molecular weight excluding hydrogens is 498 g/mol. The van der Waals surface area contributed by atoms with Crippen molar-refractivity contribution in [1.29, 1.82) is 5.26 Å². The number of benzene rings is 3. The third-order valence-electron chi connectivity index (χ3n) is 4.49. The first kappa shape index (κ1) is 25.2. The molecule has 0 aliphatic heterocycles. The zero-order valence-corrected chi connectivity index (χ0v) is 19.5. The van der Waals surface area contributed by atoms with Crippen LogP contribution in [0.5, 0.6) is 11.5 Å². The van der Waals surface area contributed by atoms with Crippen molar-refractivity contribution in [2.45, 2.75) is 4.90 Å². The second kappa shape index (κ2) is 10.7. The number of carbonyl (C=O) groups is 1. The number of rotatable bonds is 8. The summed E-state index contributed by atoms with van der Waals surface area (Å²) in [7, 11) is -2.69. The van der Waals surface area contributed by atoms with Crippen LogP contribution < -0.4 is 14.2 Å². The maximum absolute atomic E-state index is 12.5. The number of nitro groups is 1. The molecule has 0 saturated heterocycles. The van der Waals surface area contributed by atoms with E-state index in [9.17, 15) is 28.6 Å². The van der Waals surface area contributed by atoms with Crippen molar-refractivity contribution in [3.05, 3.63) is 93.0 Å². The van der Waals surface area contributed by atoms with Gasteiger partial charge < -0.3 is 14.2 Å². The zero-order chi connectivity index (χ0) is 25.6. The molecule has 0 bridgehead atoms. The van der Waals surface area contributed by atoms with Gasteiger partial charge in [-0.1, -0.05) is 23.7 Å². The fourth-order valence-electron chi connectivity index (χ4n) is 2.82. The van der Waals surface area contributed by atoms with E-state index in [-0.39, 0.29) is 26.9 Å². The van der Waals surface area contributed by atoms with Crippen LogP contribution in [0.1, 0.15) is 5.56 Å². The van der Waals surface area contributed by atoms with Crippen LogP contribution in [0.15, 0.2) is 77.2 Å². The molecule has 0 spiro atoms. The molecule has 0 aliphatic rings. The molecule has 12 heteroatoms. The summed E-state index contributed by atoms with van der Waals surface area (Å²) in [6.45, 7) is 0. The molecule has 35 heavy (non-hydrogen) atoms. The van der Waals surface area contributed by atoms with E-state index in [1.165, 1.54) is 73.8 Å². The maximum Gasteiger partial charge on any atom is 0.339 e. The molecule has 0 radical (unpaired) electrons. The minimum absolute atomic E-state index is 0.0411. The Hall–Kier alpha value is -4.40. The van der Waals surface area contributed by atoms with E-state index in [4.69, 9.17) is 20.5 Å².